The van der Waals surface area contributed by atoms with Crippen molar-refractivity contribution in [2.45, 2.75) is 6.18 Å². The van der Waals surface area contributed by atoms with Gasteiger partial charge in [-0.1, -0.05) is 24.3 Å². The highest BCUT2D eigenvalue weighted by molar-refractivity contribution is 5.91. The Labute approximate surface area is 153 Å². The van der Waals surface area contributed by atoms with Gasteiger partial charge >= 0.3 is 12.1 Å². The van der Waals surface area contributed by atoms with Crippen LogP contribution in [-0.2, 0) is 6.18 Å². The Morgan fingerprint density at radius 2 is 1.33 bits per heavy atom. The number of halogens is 3. The Bertz CT molecular complexity index is 984. The number of nitriles is 1. The first-order valence-electron chi connectivity index (χ1n) is 7.87. The molecule has 0 N–H and O–H groups in total. The first kappa shape index (κ1) is 18.2. The number of carbonyl (C=O) groups excluding carboxylic acids is 1. The van der Waals surface area contributed by atoms with E-state index in [1.54, 1.807) is 36.4 Å². The van der Waals surface area contributed by atoms with Crippen LogP contribution in [0.2, 0.25) is 0 Å². The summed E-state index contributed by atoms with van der Waals surface area (Å²) in [5.41, 5.74) is 1.52. The smallest absolute Gasteiger partial charge is 0.416 e. The van der Waals surface area contributed by atoms with Gasteiger partial charge in [0.1, 0.15) is 5.75 Å². The summed E-state index contributed by atoms with van der Waals surface area (Å²) < 4.78 is 42.9. The van der Waals surface area contributed by atoms with E-state index >= 15 is 0 Å². The summed E-state index contributed by atoms with van der Waals surface area (Å²) in [6.07, 6.45) is -4.45. The van der Waals surface area contributed by atoms with Gasteiger partial charge < -0.3 is 4.74 Å². The maximum atomic E-state index is 12.6. The van der Waals surface area contributed by atoms with Crippen molar-refractivity contribution in [3.8, 4) is 22.9 Å². The summed E-state index contributed by atoms with van der Waals surface area (Å²) >= 11 is 0. The fourth-order valence-electron chi connectivity index (χ4n) is 2.41. The molecule has 0 aliphatic heterocycles. The first-order chi connectivity index (χ1) is 12.9. The van der Waals surface area contributed by atoms with Crippen LogP contribution in [0.1, 0.15) is 21.5 Å². The van der Waals surface area contributed by atoms with Crippen molar-refractivity contribution in [3.05, 3.63) is 89.5 Å². The largest absolute Gasteiger partial charge is 0.423 e. The van der Waals surface area contributed by atoms with Crippen LogP contribution >= 0.6 is 0 Å². The number of carbonyl (C=O) groups is 1. The third-order valence-corrected chi connectivity index (χ3v) is 3.86. The highest BCUT2D eigenvalue weighted by Crippen LogP contribution is 2.29. The number of benzene rings is 3. The number of nitrogens with zero attached hydrogens (tertiary/aromatic N) is 1. The van der Waals surface area contributed by atoms with Gasteiger partial charge in [-0.2, -0.15) is 18.4 Å². The van der Waals surface area contributed by atoms with Crippen molar-refractivity contribution in [2.75, 3.05) is 0 Å². The molecular weight excluding hydrogens is 355 g/mol. The van der Waals surface area contributed by atoms with Crippen molar-refractivity contribution in [3.63, 3.8) is 0 Å². The topological polar surface area (TPSA) is 50.1 Å². The molecule has 6 heteroatoms. The molecule has 134 valence electrons. The van der Waals surface area contributed by atoms with Crippen LogP contribution in [0.4, 0.5) is 13.2 Å². The van der Waals surface area contributed by atoms with Gasteiger partial charge in [-0.25, -0.2) is 4.79 Å². The molecule has 0 saturated carbocycles. The third kappa shape index (κ3) is 4.33. The SMILES string of the molecule is N#Cc1ccc(-c2ccc(OC(=O)c3ccc(C(F)(F)F)cc3)cc2)cc1. The van der Waals surface area contributed by atoms with Crippen LogP contribution in [0.15, 0.2) is 72.8 Å². The standard InChI is InChI=1S/C21H12F3NO2/c22-21(23,24)18-9-5-17(6-10-18)20(26)27-19-11-7-16(8-12-19)15-3-1-14(13-25)2-4-15/h1-12H. The molecular formula is C21H12F3NO2. The maximum Gasteiger partial charge on any atom is 0.416 e. The van der Waals surface area contributed by atoms with E-state index in [1.807, 2.05) is 18.2 Å². The van der Waals surface area contributed by atoms with Crippen molar-refractivity contribution in [2.24, 2.45) is 0 Å². The number of hydrogen-bond donors (Lipinski definition) is 0. The van der Waals surface area contributed by atoms with E-state index < -0.39 is 17.7 Å². The van der Waals surface area contributed by atoms with Crippen LogP contribution in [0.25, 0.3) is 11.1 Å². The van der Waals surface area contributed by atoms with E-state index in [4.69, 9.17) is 10.00 Å². The maximum absolute atomic E-state index is 12.6. The molecule has 3 rings (SSSR count). The lowest BCUT2D eigenvalue weighted by atomic mass is 10.0. The van der Waals surface area contributed by atoms with Gasteiger partial charge in [-0.3, -0.25) is 0 Å². The average molecular weight is 367 g/mol. The quantitative estimate of drug-likeness (QED) is 0.456. The Morgan fingerprint density at radius 1 is 0.815 bits per heavy atom. The van der Waals surface area contributed by atoms with E-state index in [0.29, 0.717) is 5.56 Å². The zero-order chi connectivity index (χ0) is 19.4. The molecule has 3 aromatic carbocycles. The van der Waals surface area contributed by atoms with Crippen LogP contribution in [-0.4, -0.2) is 5.97 Å². The molecule has 0 spiro atoms. The molecule has 0 bridgehead atoms. The van der Waals surface area contributed by atoms with Crippen molar-refractivity contribution < 1.29 is 22.7 Å². The van der Waals surface area contributed by atoms with E-state index in [0.717, 1.165) is 35.4 Å². The first-order valence-corrected chi connectivity index (χ1v) is 7.87. The molecule has 27 heavy (non-hydrogen) atoms. The zero-order valence-corrected chi connectivity index (χ0v) is 13.8. The lowest BCUT2D eigenvalue weighted by Crippen LogP contribution is -2.10. The molecule has 3 nitrogen and oxygen atoms in total. The summed E-state index contributed by atoms with van der Waals surface area (Å²) in [7, 11) is 0. The molecule has 0 fully saturated rings. The minimum Gasteiger partial charge on any atom is -0.423 e. The van der Waals surface area contributed by atoms with E-state index in [9.17, 15) is 18.0 Å². The molecule has 0 aliphatic carbocycles. The fourth-order valence-corrected chi connectivity index (χ4v) is 2.41. The van der Waals surface area contributed by atoms with Crippen LogP contribution in [0.5, 0.6) is 5.75 Å². The Balaban J connectivity index is 1.70. The van der Waals surface area contributed by atoms with Crippen LogP contribution in [0, 0.1) is 11.3 Å². The minimum absolute atomic E-state index is 0.0270. The Hall–Kier alpha value is -3.59. The predicted octanol–water partition coefficient (Wildman–Crippen LogP) is 5.46. The summed E-state index contributed by atoms with van der Waals surface area (Å²) in [6.45, 7) is 0. The van der Waals surface area contributed by atoms with Crippen LogP contribution in [0.3, 0.4) is 0 Å². The lowest BCUT2D eigenvalue weighted by molar-refractivity contribution is -0.137. The Morgan fingerprint density at radius 3 is 1.81 bits per heavy atom. The highest BCUT2D eigenvalue weighted by Gasteiger charge is 2.30. The molecule has 0 radical (unpaired) electrons. The number of ether oxygens (including phenoxy) is 1. The normalized spacial score (nSPS) is 10.9. The molecule has 0 aromatic heterocycles. The van der Waals surface area contributed by atoms with Gasteiger partial charge in [0.15, 0.2) is 0 Å². The summed E-state index contributed by atoms with van der Waals surface area (Å²) in [5, 5.41) is 8.81. The number of rotatable bonds is 3. The Kier molecular flexibility index (Phi) is 4.95. The second kappa shape index (κ2) is 7.34. The van der Waals surface area contributed by atoms with Gasteiger partial charge in [-0.15, -0.1) is 0 Å². The highest BCUT2D eigenvalue weighted by atomic mass is 19.4. The molecule has 0 unspecified atom stereocenters. The third-order valence-electron chi connectivity index (χ3n) is 3.86. The van der Waals surface area contributed by atoms with Gasteiger partial charge in [0, 0.05) is 0 Å². The monoisotopic (exact) mass is 367 g/mol. The van der Waals surface area contributed by atoms with Gasteiger partial charge in [-0.05, 0) is 59.7 Å². The molecule has 0 aliphatic rings. The van der Waals surface area contributed by atoms with E-state index in [1.165, 1.54) is 0 Å². The van der Waals surface area contributed by atoms with Crippen molar-refractivity contribution in [1.29, 1.82) is 5.26 Å². The predicted molar refractivity (Wildman–Crippen MR) is 93.0 cm³/mol. The molecule has 3 aromatic rings. The number of hydrogen-bond acceptors (Lipinski definition) is 3. The number of esters is 1. The van der Waals surface area contributed by atoms with E-state index in [-0.39, 0.29) is 11.3 Å². The average Bonchev–Trinajstić information content (AvgIpc) is 2.68. The molecule has 0 saturated heterocycles. The van der Waals surface area contributed by atoms with Crippen molar-refractivity contribution >= 4 is 5.97 Å². The minimum atomic E-state index is -4.45. The van der Waals surface area contributed by atoms with Gasteiger partial charge in [0.05, 0.1) is 22.8 Å². The zero-order valence-electron chi connectivity index (χ0n) is 13.8. The van der Waals surface area contributed by atoms with Gasteiger partial charge in [0.2, 0.25) is 0 Å². The second-order valence-corrected chi connectivity index (χ2v) is 5.68. The van der Waals surface area contributed by atoms with E-state index in [2.05, 4.69) is 0 Å². The summed E-state index contributed by atoms with van der Waals surface area (Å²) in [4.78, 5) is 12.1. The fraction of sp³-hybridized carbons (Fsp3) is 0.0476. The second-order valence-electron chi connectivity index (χ2n) is 5.68. The molecule has 0 heterocycles. The number of alkyl halides is 3. The molecule has 0 atom stereocenters. The van der Waals surface area contributed by atoms with Gasteiger partial charge in [0.25, 0.3) is 0 Å². The summed E-state index contributed by atoms with van der Waals surface area (Å²) in [5.74, 6) is -0.466. The summed E-state index contributed by atoms with van der Waals surface area (Å²) in [6, 6.07) is 19.6. The lowest BCUT2D eigenvalue weighted by Gasteiger charge is -2.08. The van der Waals surface area contributed by atoms with Crippen molar-refractivity contribution in [1.82, 2.24) is 0 Å². The van der Waals surface area contributed by atoms with Crippen LogP contribution < -0.4 is 4.74 Å². The molecule has 0 amide bonds.